The Bertz CT molecular complexity index is 1180. The summed E-state index contributed by atoms with van der Waals surface area (Å²) in [5.74, 6) is -0.334. The maximum absolute atomic E-state index is 13.7. The summed E-state index contributed by atoms with van der Waals surface area (Å²) in [6, 6.07) is 7.51. The quantitative estimate of drug-likeness (QED) is 0.241. The zero-order valence-electron chi connectivity index (χ0n) is 23.0. The van der Waals surface area contributed by atoms with Gasteiger partial charge < -0.3 is 9.84 Å². The third-order valence-electron chi connectivity index (χ3n) is 8.86. The largest absolute Gasteiger partial charge is 0.416 e. The van der Waals surface area contributed by atoms with Crippen LogP contribution >= 0.6 is 12.2 Å². The van der Waals surface area contributed by atoms with E-state index >= 15 is 0 Å². The highest BCUT2D eigenvalue weighted by molar-refractivity contribution is 7.80. The van der Waals surface area contributed by atoms with E-state index in [0.29, 0.717) is 29.8 Å². The molecule has 2 fully saturated rings. The molecule has 226 valence electrons. The Balaban J connectivity index is 1.53. The molecule has 2 aromatic carbocycles. The minimum atomic E-state index is -4.94. The maximum Gasteiger partial charge on any atom is 0.416 e. The van der Waals surface area contributed by atoms with Crippen molar-refractivity contribution in [3.63, 3.8) is 0 Å². The van der Waals surface area contributed by atoms with Crippen LogP contribution in [0.2, 0.25) is 0 Å². The van der Waals surface area contributed by atoms with Crippen LogP contribution in [0.4, 0.5) is 30.7 Å². The van der Waals surface area contributed by atoms with E-state index in [0.717, 1.165) is 37.7 Å². The molecule has 10 heteroatoms. The molecular weight excluding hydrogens is 569 g/mol. The number of ether oxygens (including phenoxy) is 1. The number of benzene rings is 2. The average Bonchev–Trinajstić information content (AvgIpc) is 3.30. The molecule has 2 saturated carbocycles. The second-order valence-electron chi connectivity index (χ2n) is 12.0. The number of hydrogen-bond donors (Lipinski definition) is 1. The lowest BCUT2D eigenvalue weighted by Crippen LogP contribution is -2.41. The highest BCUT2D eigenvalue weighted by atomic mass is 32.1. The lowest BCUT2D eigenvalue weighted by molar-refractivity contribution is -0.143. The summed E-state index contributed by atoms with van der Waals surface area (Å²) < 4.78 is 99.9. The van der Waals surface area contributed by atoms with Crippen LogP contribution in [0.15, 0.2) is 42.5 Å². The normalized spacial score (nSPS) is 29.2. The molecule has 1 N–H and O–H groups in total. The van der Waals surface area contributed by atoms with Crippen LogP contribution in [0, 0.1) is 23.1 Å². The van der Waals surface area contributed by atoms with Crippen LogP contribution in [0.1, 0.15) is 87.0 Å². The molecule has 0 amide bonds. The van der Waals surface area contributed by atoms with Gasteiger partial charge in [0, 0.05) is 10.8 Å². The van der Waals surface area contributed by atoms with Gasteiger partial charge in [-0.15, -0.1) is 0 Å². The Kier molecular flexibility index (Phi) is 9.56. The zero-order chi connectivity index (χ0) is 30.2. The number of thiocarbonyl (C=S) groups is 1. The highest BCUT2D eigenvalue weighted by Gasteiger charge is 2.43. The Labute approximate surface area is 241 Å². The van der Waals surface area contributed by atoms with Gasteiger partial charge in [0.25, 0.3) is 0 Å². The maximum atomic E-state index is 13.7. The second-order valence-corrected chi connectivity index (χ2v) is 12.4. The van der Waals surface area contributed by atoms with Crippen molar-refractivity contribution in [2.75, 3.05) is 0 Å². The molecule has 2 aliphatic rings. The summed E-state index contributed by atoms with van der Waals surface area (Å²) in [5, 5.41) is 10.6. The molecule has 0 spiro atoms. The number of hydrogen-bond acceptors (Lipinski definition) is 3. The first-order valence-electron chi connectivity index (χ1n) is 14.0. The topological polar surface area (TPSA) is 29.5 Å². The number of alkyl halides is 6. The predicted octanol–water partition coefficient (Wildman–Crippen LogP) is 9.28. The summed E-state index contributed by atoms with van der Waals surface area (Å²) in [6.07, 6.45) is -5.73. The highest BCUT2D eigenvalue weighted by Crippen LogP contribution is 2.49. The monoisotopic (exact) mass is 604 g/mol. The van der Waals surface area contributed by atoms with Crippen molar-refractivity contribution < 1.29 is 40.6 Å². The molecule has 2 aromatic rings. The van der Waals surface area contributed by atoms with Gasteiger partial charge in [0.1, 0.15) is 5.82 Å². The van der Waals surface area contributed by atoms with Crippen molar-refractivity contribution in [3.8, 4) is 0 Å². The first kappa shape index (κ1) is 31.9. The SMILES string of the molecule is CCC1C[C@](C)(CC[C@H]2CC[C@H](OCc3cc(C(F)(F)F)cc(C(F)(F)F)c3)[C@H]2c2ccc(F)cc2)C[C@@H](O)C1=S. The van der Waals surface area contributed by atoms with Crippen LogP contribution in [0.3, 0.4) is 0 Å². The van der Waals surface area contributed by atoms with Gasteiger partial charge in [-0.2, -0.15) is 26.3 Å². The fourth-order valence-corrected chi connectivity index (χ4v) is 7.06. The lowest BCUT2D eigenvalue weighted by Gasteiger charge is -2.42. The third kappa shape index (κ3) is 7.68. The van der Waals surface area contributed by atoms with E-state index < -0.39 is 48.1 Å². The van der Waals surface area contributed by atoms with Gasteiger partial charge in [0.15, 0.2) is 0 Å². The van der Waals surface area contributed by atoms with E-state index in [-0.39, 0.29) is 34.8 Å². The molecule has 1 unspecified atom stereocenters. The minimum absolute atomic E-state index is 0.106. The van der Waals surface area contributed by atoms with E-state index in [1.165, 1.54) is 12.1 Å². The summed E-state index contributed by atoms with van der Waals surface area (Å²) in [7, 11) is 0. The lowest BCUT2D eigenvalue weighted by atomic mass is 9.65. The van der Waals surface area contributed by atoms with Gasteiger partial charge in [0.05, 0.1) is 29.9 Å². The molecule has 0 radical (unpaired) electrons. The second kappa shape index (κ2) is 12.3. The van der Waals surface area contributed by atoms with E-state index in [2.05, 4.69) is 13.8 Å². The molecule has 2 aliphatic carbocycles. The van der Waals surface area contributed by atoms with Gasteiger partial charge in [-0.3, -0.25) is 0 Å². The molecule has 6 atom stereocenters. The fourth-order valence-electron chi connectivity index (χ4n) is 6.73. The molecule has 2 nitrogen and oxygen atoms in total. The number of rotatable bonds is 8. The van der Waals surface area contributed by atoms with Crippen LogP contribution in [0.5, 0.6) is 0 Å². The minimum Gasteiger partial charge on any atom is -0.388 e. The number of aliphatic hydroxyl groups is 1. The predicted molar refractivity (Wildman–Crippen MR) is 146 cm³/mol. The summed E-state index contributed by atoms with van der Waals surface area (Å²) in [6.45, 7) is 3.80. The van der Waals surface area contributed by atoms with Crippen molar-refractivity contribution in [1.82, 2.24) is 0 Å². The molecule has 0 aromatic heterocycles. The van der Waals surface area contributed by atoms with Crippen molar-refractivity contribution >= 4 is 17.1 Å². The van der Waals surface area contributed by atoms with Crippen molar-refractivity contribution in [1.29, 1.82) is 0 Å². The summed E-state index contributed by atoms with van der Waals surface area (Å²) >= 11 is 5.46. The van der Waals surface area contributed by atoms with Crippen LogP contribution in [-0.4, -0.2) is 22.2 Å². The van der Waals surface area contributed by atoms with Gasteiger partial charge in [-0.05, 0) is 104 Å². The van der Waals surface area contributed by atoms with E-state index in [9.17, 15) is 35.8 Å². The summed E-state index contributed by atoms with van der Waals surface area (Å²) in [4.78, 5) is 0.715. The standard InChI is InChI=1S/C31H35F7O2S/c1-3-19-15-29(2,16-25(39)28(19)41)11-10-21-6-9-26(27(21)20-4-7-24(32)8-5-20)40-17-18-12-22(30(33,34)35)14-23(13-18)31(36,37)38/h4-5,7-8,12-14,19,21,25-27,39H,3,6,9-11,15-17H2,1-2H3/t19?,21-,25-,26+,27+,29+/m1/s1. The molecule has 0 heterocycles. The van der Waals surface area contributed by atoms with E-state index in [1.54, 1.807) is 12.1 Å². The average molecular weight is 605 g/mol. The molecule has 0 saturated heterocycles. The van der Waals surface area contributed by atoms with Crippen molar-refractivity contribution in [2.45, 2.75) is 95.9 Å². The van der Waals surface area contributed by atoms with Gasteiger partial charge >= 0.3 is 12.4 Å². The number of aliphatic hydroxyl groups excluding tert-OH is 1. The third-order valence-corrected chi connectivity index (χ3v) is 9.47. The first-order valence-corrected chi connectivity index (χ1v) is 14.4. The fraction of sp³-hybridized carbons (Fsp3) is 0.581. The Hall–Kier alpha value is -2.04. The van der Waals surface area contributed by atoms with Gasteiger partial charge in [-0.25, -0.2) is 4.39 Å². The summed E-state index contributed by atoms with van der Waals surface area (Å²) in [5.41, 5.74) is -2.27. The Morgan fingerprint density at radius 3 is 2.12 bits per heavy atom. The van der Waals surface area contributed by atoms with E-state index in [4.69, 9.17) is 17.0 Å². The zero-order valence-corrected chi connectivity index (χ0v) is 23.8. The van der Waals surface area contributed by atoms with Crippen LogP contribution in [0.25, 0.3) is 0 Å². The number of halogens is 7. The van der Waals surface area contributed by atoms with E-state index in [1.807, 2.05) is 0 Å². The van der Waals surface area contributed by atoms with Crippen LogP contribution < -0.4 is 0 Å². The first-order chi connectivity index (χ1) is 19.1. The molecule has 41 heavy (non-hydrogen) atoms. The molecule has 0 aliphatic heterocycles. The molecule has 4 rings (SSSR count). The van der Waals surface area contributed by atoms with Gasteiger partial charge in [-0.1, -0.05) is 38.2 Å². The van der Waals surface area contributed by atoms with Gasteiger partial charge in [0.2, 0.25) is 0 Å². The molecule has 0 bridgehead atoms. The smallest absolute Gasteiger partial charge is 0.388 e. The Morgan fingerprint density at radius 2 is 1.56 bits per heavy atom. The van der Waals surface area contributed by atoms with Crippen molar-refractivity contribution in [2.24, 2.45) is 17.3 Å². The van der Waals surface area contributed by atoms with Crippen molar-refractivity contribution in [3.05, 3.63) is 70.5 Å². The molecular formula is C31H35F7O2S. The Morgan fingerprint density at radius 1 is 0.951 bits per heavy atom. The van der Waals surface area contributed by atoms with Crippen LogP contribution in [-0.2, 0) is 23.7 Å².